The predicted octanol–water partition coefficient (Wildman–Crippen LogP) is 2.62. The number of halogens is 2. The lowest BCUT2D eigenvalue weighted by molar-refractivity contribution is -0.926. The molecule has 0 aromatic heterocycles. The molecule has 0 N–H and O–H groups in total. The Labute approximate surface area is 143 Å². The number of nitrogens with zero attached hydrogens (tertiary/aromatic N) is 1. The van der Waals surface area contributed by atoms with Crippen LogP contribution < -0.4 is 17.0 Å². The van der Waals surface area contributed by atoms with Crippen molar-refractivity contribution in [3.8, 4) is 0 Å². The molecule has 0 unspecified atom stereocenters. The number of rotatable bonds is 14. The maximum Gasteiger partial charge on any atom is 0.0924 e. The van der Waals surface area contributed by atoms with Crippen LogP contribution in [-0.2, 0) is 0 Å². The molecule has 20 heavy (non-hydrogen) atoms. The molecule has 0 fully saturated rings. The number of hydrogen-bond donors (Lipinski definition) is 0. The van der Waals surface area contributed by atoms with Crippen LogP contribution in [0.2, 0.25) is 0 Å². The Hall–Kier alpha value is 0.730. The quantitative estimate of drug-likeness (QED) is 0.250. The molecule has 0 aromatic rings. The molecule has 0 atom stereocenters. The molecule has 0 aliphatic heterocycles. The average molecular weight is 371 g/mol. The van der Waals surface area contributed by atoms with Crippen molar-refractivity contribution in [2.45, 2.75) is 78.6 Å². The van der Waals surface area contributed by atoms with E-state index in [0.717, 1.165) is 5.88 Å². The molecule has 0 radical (unpaired) electrons. The summed E-state index contributed by atoms with van der Waals surface area (Å²) in [5.41, 5.74) is 0. The van der Waals surface area contributed by atoms with E-state index in [9.17, 15) is 0 Å². The van der Waals surface area contributed by atoms with Crippen molar-refractivity contribution in [1.82, 2.24) is 0 Å². The summed E-state index contributed by atoms with van der Waals surface area (Å²) in [5, 5.41) is 0. The van der Waals surface area contributed by atoms with Crippen LogP contribution in [0.25, 0.3) is 0 Å². The minimum Gasteiger partial charge on any atom is -1.00 e. The van der Waals surface area contributed by atoms with Crippen LogP contribution in [0.4, 0.5) is 0 Å². The summed E-state index contributed by atoms with van der Waals surface area (Å²) < 4.78 is 1.30. The normalized spacial score (nSPS) is 11.4. The van der Waals surface area contributed by atoms with E-state index in [1.807, 2.05) is 0 Å². The largest absolute Gasteiger partial charge is 1.00 e. The average Bonchev–Trinajstić information content (AvgIpc) is 2.40. The van der Waals surface area contributed by atoms with Gasteiger partial charge >= 0.3 is 0 Å². The highest BCUT2D eigenvalue weighted by molar-refractivity contribution is 6.17. The second-order valence-electron chi connectivity index (χ2n) is 6.05. The zero-order valence-corrected chi connectivity index (χ0v) is 16.4. The van der Waals surface area contributed by atoms with Crippen LogP contribution in [0.1, 0.15) is 78.6 Å². The lowest BCUT2D eigenvalue weighted by Gasteiger charge is -2.39. The monoisotopic (exact) mass is 369 g/mol. The summed E-state index contributed by atoms with van der Waals surface area (Å²) in [7, 11) is 0. The van der Waals surface area contributed by atoms with Gasteiger partial charge in [-0.2, -0.15) is 0 Å². The minimum absolute atomic E-state index is 0. The lowest BCUT2D eigenvalue weighted by Crippen LogP contribution is -3.00. The van der Waals surface area contributed by atoms with Gasteiger partial charge in [-0.25, -0.2) is 0 Å². The first-order valence-corrected chi connectivity index (χ1v) is 9.19. The molecule has 0 spiro atoms. The Morgan fingerprint density at radius 1 is 0.600 bits per heavy atom. The first kappa shape index (κ1) is 23.0. The third kappa shape index (κ3) is 11.4. The fraction of sp³-hybridized carbons (Fsp3) is 1.00. The summed E-state index contributed by atoms with van der Waals surface area (Å²) in [6.45, 7) is 12.1. The molecule has 124 valence electrons. The topological polar surface area (TPSA) is 0 Å². The summed E-state index contributed by atoms with van der Waals surface area (Å²) in [6.07, 6.45) is 12.3. The molecule has 0 aliphatic rings. The van der Waals surface area contributed by atoms with Crippen LogP contribution in [0.15, 0.2) is 0 Å². The third-order valence-electron chi connectivity index (χ3n) is 4.27. The summed E-state index contributed by atoms with van der Waals surface area (Å²) in [6, 6.07) is 0. The first-order valence-electron chi connectivity index (χ1n) is 8.65. The van der Waals surface area contributed by atoms with E-state index in [0.29, 0.717) is 0 Å². The molecule has 0 rings (SSSR count). The maximum atomic E-state index is 6.11. The van der Waals surface area contributed by atoms with E-state index in [1.54, 1.807) is 0 Å². The summed E-state index contributed by atoms with van der Waals surface area (Å²) in [4.78, 5) is 0. The fourth-order valence-electron chi connectivity index (χ4n) is 2.94. The zero-order valence-electron chi connectivity index (χ0n) is 14.1. The standard InChI is InChI=1S/C17H37ClN.BrH/c1-4-7-10-14-19(17-13-18,15-11-8-5-2)16-12-9-6-3;/h4-17H2,1-3H3;1H/q+1;/p-1. The van der Waals surface area contributed by atoms with Gasteiger partial charge in [0.05, 0.1) is 32.1 Å². The van der Waals surface area contributed by atoms with E-state index in [2.05, 4.69) is 20.8 Å². The highest BCUT2D eigenvalue weighted by Crippen LogP contribution is 2.16. The van der Waals surface area contributed by atoms with Crippen molar-refractivity contribution in [3.63, 3.8) is 0 Å². The second kappa shape index (κ2) is 16.1. The maximum absolute atomic E-state index is 6.11. The number of alkyl halides is 1. The molecule has 0 saturated heterocycles. The van der Waals surface area contributed by atoms with Gasteiger partial charge in [-0.3, -0.25) is 0 Å². The molecule has 0 bridgehead atoms. The predicted molar refractivity (Wildman–Crippen MR) is 89.0 cm³/mol. The van der Waals surface area contributed by atoms with Crippen molar-refractivity contribution in [3.05, 3.63) is 0 Å². The van der Waals surface area contributed by atoms with Crippen LogP contribution >= 0.6 is 11.6 Å². The van der Waals surface area contributed by atoms with Crippen LogP contribution in [0, 0.1) is 0 Å². The molecular formula is C17H37BrClN. The summed E-state index contributed by atoms with van der Waals surface area (Å²) in [5.74, 6) is 0.824. The molecule has 3 heteroatoms. The van der Waals surface area contributed by atoms with Gasteiger partial charge < -0.3 is 21.5 Å². The lowest BCUT2D eigenvalue weighted by atomic mass is 10.1. The molecule has 0 aromatic carbocycles. The van der Waals surface area contributed by atoms with E-state index >= 15 is 0 Å². The van der Waals surface area contributed by atoms with Gasteiger partial charge in [0, 0.05) is 0 Å². The van der Waals surface area contributed by atoms with Crippen molar-refractivity contribution < 1.29 is 21.5 Å². The Morgan fingerprint density at radius 3 is 1.20 bits per heavy atom. The molecule has 0 saturated carbocycles. The Bertz CT molecular complexity index is 161. The van der Waals surface area contributed by atoms with Gasteiger partial charge in [-0.1, -0.05) is 40.0 Å². The van der Waals surface area contributed by atoms with E-state index in [1.165, 1.54) is 88.4 Å². The van der Waals surface area contributed by atoms with Crippen LogP contribution in [0.5, 0.6) is 0 Å². The van der Waals surface area contributed by atoms with E-state index in [-0.39, 0.29) is 17.0 Å². The van der Waals surface area contributed by atoms with Gasteiger partial charge in [0.25, 0.3) is 0 Å². The van der Waals surface area contributed by atoms with Gasteiger partial charge in [0.2, 0.25) is 0 Å². The van der Waals surface area contributed by atoms with Gasteiger partial charge in [0.15, 0.2) is 0 Å². The first-order chi connectivity index (χ1) is 9.24. The van der Waals surface area contributed by atoms with Gasteiger partial charge in [0.1, 0.15) is 0 Å². The minimum atomic E-state index is 0. The summed E-state index contributed by atoms with van der Waals surface area (Å²) >= 11 is 6.11. The zero-order chi connectivity index (χ0) is 14.4. The molecule has 0 heterocycles. The second-order valence-corrected chi connectivity index (χ2v) is 6.42. The van der Waals surface area contributed by atoms with Crippen molar-refractivity contribution in [2.24, 2.45) is 0 Å². The van der Waals surface area contributed by atoms with Crippen molar-refractivity contribution >= 4 is 11.6 Å². The molecule has 0 aliphatic carbocycles. The highest BCUT2D eigenvalue weighted by atomic mass is 79.9. The Balaban J connectivity index is 0. The number of hydrogen-bond acceptors (Lipinski definition) is 0. The Morgan fingerprint density at radius 2 is 0.950 bits per heavy atom. The van der Waals surface area contributed by atoms with Gasteiger partial charge in [-0.15, -0.1) is 11.6 Å². The molecule has 0 amide bonds. The number of unbranched alkanes of at least 4 members (excludes halogenated alkanes) is 6. The van der Waals surface area contributed by atoms with E-state index < -0.39 is 0 Å². The van der Waals surface area contributed by atoms with Crippen LogP contribution in [-0.4, -0.2) is 36.5 Å². The highest BCUT2D eigenvalue weighted by Gasteiger charge is 2.25. The van der Waals surface area contributed by atoms with Gasteiger partial charge in [-0.05, 0) is 38.5 Å². The van der Waals surface area contributed by atoms with Crippen molar-refractivity contribution in [2.75, 3.05) is 32.1 Å². The smallest absolute Gasteiger partial charge is 0.0924 e. The molecular weight excluding hydrogens is 334 g/mol. The Kier molecular flexibility index (Phi) is 18.5. The third-order valence-corrected chi connectivity index (χ3v) is 4.44. The van der Waals surface area contributed by atoms with E-state index in [4.69, 9.17) is 11.6 Å². The van der Waals surface area contributed by atoms with Crippen LogP contribution in [0.3, 0.4) is 0 Å². The SMILES string of the molecule is CCCCC[N+](CCCl)(CCCCC)CCCCC.[Br-]. The molecule has 1 nitrogen and oxygen atoms in total. The number of quaternary nitrogens is 1. The van der Waals surface area contributed by atoms with Crippen molar-refractivity contribution in [1.29, 1.82) is 0 Å². The fourth-order valence-corrected chi connectivity index (χ4v) is 3.30.